The summed E-state index contributed by atoms with van der Waals surface area (Å²) in [6.07, 6.45) is 11.2. The van der Waals surface area contributed by atoms with E-state index in [1.165, 1.54) is 11.1 Å². The van der Waals surface area contributed by atoms with Crippen LogP contribution in [0.1, 0.15) is 62.2 Å². The third-order valence-corrected chi connectivity index (χ3v) is 8.69. The maximum absolute atomic E-state index is 13.1. The Hall–Kier alpha value is -2.99. The molecule has 3 aromatic rings. The summed E-state index contributed by atoms with van der Waals surface area (Å²) >= 11 is 0. The minimum Gasteiger partial charge on any atom is -0.392 e. The molecule has 3 aliphatic carbocycles. The van der Waals surface area contributed by atoms with Gasteiger partial charge < -0.3 is 15.0 Å². The first-order valence-electron chi connectivity index (χ1n) is 12.1. The average molecular weight is 443 g/mol. The van der Waals surface area contributed by atoms with Crippen LogP contribution in [0.4, 0.5) is 0 Å². The van der Waals surface area contributed by atoms with Gasteiger partial charge in [0.15, 0.2) is 0 Å². The molecule has 2 unspecified atom stereocenters. The molecule has 6 nitrogen and oxygen atoms in total. The van der Waals surface area contributed by atoms with Crippen LogP contribution in [0.3, 0.4) is 0 Å². The highest BCUT2D eigenvalue weighted by Gasteiger charge is 2.55. The van der Waals surface area contributed by atoms with Gasteiger partial charge in [0.05, 0.1) is 42.6 Å². The third kappa shape index (κ3) is 3.31. The zero-order valence-electron chi connectivity index (χ0n) is 18.8. The van der Waals surface area contributed by atoms with Crippen molar-refractivity contribution in [2.45, 2.75) is 63.6 Å². The maximum Gasteiger partial charge on any atom is 0.226 e. The molecule has 1 aromatic carbocycles. The van der Waals surface area contributed by atoms with E-state index < -0.39 is 6.10 Å². The lowest BCUT2D eigenvalue weighted by molar-refractivity contribution is -0.148. The van der Waals surface area contributed by atoms with Crippen molar-refractivity contribution in [1.29, 1.82) is 0 Å². The summed E-state index contributed by atoms with van der Waals surface area (Å²) in [6, 6.07) is 14.4. The van der Waals surface area contributed by atoms with Gasteiger partial charge in [-0.15, -0.1) is 0 Å². The van der Waals surface area contributed by atoms with E-state index in [4.69, 9.17) is 0 Å². The number of aliphatic hydroxyl groups excluding tert-OH is 1. The van der Waals surface area contributed by atoms with Crippen molar-refractivity contribution in [3.05, 3.63) is 72.4 Å². The minimum atomic E-state index is -0.390. The maximum atomic E-state index is 13.1. The van der Waals surface area contributed by atoms with Crippen molar-refractivity contribution < 1.29 is 9.90 Å². The second-order valence-electron chi connectivity index (χ2n) is 10.2. The minimum absolute atomic E-state index is 0.0820. The molecule has 1 aliphatic heterocycles. The Morgan fingerprint density at radius 2 is 1.85 bits per heavy atom. The number of fused-ring (bicyclic) bond motifs is 6. The second kappa shape index (κ2) is 7.80. The van der Waals surface area contributed by atoms with E-state index in [0.29, 0.717) is 13.0 Å². The van der Waals surface area contributed by atoms with Gasteiger partial charge in [0.25, 0.3) is 0 Å². The van der Waals surface area contributed by atoms with Gasteiger partial charge in [0, 0.05) is 17.2 Å². The topological polar surface area (TPSA) is 80.0 Å². The summed E-state index contributed by atoms with van der Waals surface area (Å²) in [5.41, 5.74) is 4.15. The van der Waals surface area contributed by atoms with Crippen LogP contribution in [-0.4, -0.2) is 31.7 Å². The number of amides is 1. The predicted octanol–water partition coefficient (Wildman–Crippen LogP) is 4.26. The van der Waals surface area contributed by atoms with Crippen LogP contribution in [0.25, 0.3) is 11.3 Å². The summed E-state index contributed by atoms with van der Waals surface area (Å²) in [4.78, 5) is 21.8. The molecule has 2 N–H and O–H groups in total. The number of aliphatic hydroxyl groups is 1. The number of hydrogen-bond donors (Lipinski definition) is 2. The van der Waals surface area contributed by atoms with Crippen LogP contribution in [-0.2, 0) is 11.3 Å². The zero-order chi connectivity index (χ0) is 22.5. The van der Waals surface area contributed by atoms with Crippen molar-refractivity contribution in [2.75, 3.05) is 0 Å². The number of rotatable bonds is 6. The number of benzene rings is 1. The van der Waals surface area contributed by atoms with Gasteiger partial charge in [-0.2, -0.15) is 0 Å². The molecule has 0 radical (unpaired) electrons. The van der Waals surface area contributed by atoms with E-state index in [9.17, 15) is 9.90 Å². The molecule has 7 rings (SSSR count). The number of hydrogen-bond acceptors (Lipinski definition) is 4. The largest absolute Gasteiger partial charge is 0.392 e. The quantitative estimate of drug-likeness (QED) is 0.598. The highest BCUT2D eigenvalue weighted by atomic mass is 16.3. The molecule has 0 saturated heterocycles. The molecule has 3 saturated carbocycles. The van der Waals surface area contributed by atoms with Gasteiger partial charge >= 0.3 is 0 Å². The summed E-state index contributed by atoms with van der Waals surface area (Å²) in [5.74, 6) is 0.156. The summed E-state index contributed by atoms with van der Waals surface area (Å²) in [6.45, 7) is 0.476. The molecule has 0 spiro atoms. The van der Waals surface area contributed by atoms with E-state index in [0.717, 1.165) is 49.9 Å². The summed E-state index contributed by atoms with van der Waals surface area (Å²) in [5, 5.41) is 14.7. The molecule has 3 fully saturated rings. The van der Waals surface area contributed by atoms with Crippen LogP contribution in [0.2, 0.25) is 0 Å². The summed E-state index contributed by atoms with van der Waals surface area (Å²) in [7, 11) is 0. The lowest BCUT2D eigenvalue weighted by Gasteiger charge is -2.54. The Morgan fingerprint density at radius 3 is 2.61 bits per heavy atom. The molecular formula is C27H30N4O2. The Balaban J connectivity index is 1.14. The van der Waals surface area contributed by atoms with Crippen LogP contribution < -0.4 is 5.32 Å². The van der Waals surface area contributed by atoms with Crippen LogP contribution in [0.15, 0.2) is 61.2 Å². The highest BCUT2D eigenvalue weighted by Crippen LogP contribution is 2.59. The lowest BCUT2D eigenvalue weighted by atomic mass is 9.51. The van der Waals surface area contributed by atoms with Gasteiger partial charge in [-0.05, 0) is 68.1 Å². The number of aromatic nitrogens is 3. The van der Waals surface area contributed by atoms with Crippen LogP contribution in [0, 0.1) is 10.8 Å². The normalized spacial score (nSPS) is 28.2. The zero-order valence-corrected chi connectivity index (χ0v) is 18.8. The first-order chi connectivity index (χ1) is 16.1. The van der Waals surface area contributed by atoms with Crippen LogP contribution >= 0.6 is 0 Å². The van der Waals surface area contributed by atoms with Gasteiger partial charge in [-0.3, -0.25) is 9.78 Å². The van der Waals surface area contributed by atoms with Crippen molar-refractivity contribution in [1.82, 2.24) is 19.9 Å². The molecule has 3 heterocycles. The van der Waals surface area contributed by atoms with Crippen LogP contribution in [0.5, 0.6) is 0 Å². The SMILES string of the molecule is O=C(NCc1ccccn1)C12CCC(C(O)CC3c4ccccc4-c4cncn43)(CC1)CC2. The molecule has 1 amide bonds. The van der Waals surface area contributed by atoms with Crippen molar-refractivity contribution in [2.24, 2.45) is 10.8 Å². The fourth-order valence-electron chi connectivity index (χ4n) is 6.55. The monoisotopic (exact) mass is 442 g/mol. The first-order valence-corrected chi connectivity index (χ1v) is 12.1. The van der Waals surface area contributed by atoms with Crippen molar-refractivity contribution in [3.63, 3.8) is 0 Å². The highest BCUT2D eigenvalue weighted by molar-refractivity contribution is 5.83. The third-order valence-electron chi connectivity index (χ3n) is 8.69. The number of carbonyl (C=O) groups is 1. The Morgan fingerprint density at radius 1 is 1.09 bits per heavy atom. The average Bonchev–Trinajstić information content (AvgIpc) is 3.47. The number of carbonyl (C=O) groups excluding carboxylic acids is 1. The standard InChI is InChI=1S/C27H30N4O2/c32-24(15-22-20-6-1-2-7-21(20)23-17-28-18-31(22)23)26-8-11-27(12-9-26,13-10-26)25(33)30-16-19-5-3-4-14-29-19/h1-7,14,17-18,22,24,32H,8-13,15-16H2,(H,30,33). The fourth-order valence-corrected chi connectivity index (χ4v) is 6.55. The Kier molecular flexibility index (Phi) is 4.87. The van der Waals surface area contributed by atoms with Gasteiger partial charge in [0.1, 0.15) is 0 Å². The number of pyridine rings is 1. The molecule has 33 heavy (non-hydrogen) atoms. The Bertz CT molecular complexity index is 1150. The number of nitrogens with one attached hydrogen (secondary N) is 1. The fraction of sp³-hybridized carbons (Fsp3) is 0.444. The molecular weight excluding hydrogens is 412 g/mol. The number of imidazole rings is 1. The lowest BCUT2D eigenvalue weighted by Crippen LogP contribution is -2.53. The van der Waals surface area contributed by atoms with Crippen molar-refractivity contribution >= 4 is 5.91 Å². The molecule has 170 valence electrons. The summed E-state index contributed by atoms with van der Waals surface area (Å²) < 4.78 is 2.21. The van der Waals surface area contributed by atoms with Gasteiger partial charge in [0.2, 0.25) is 5.91 Å². The Labute approximate surface area is 194 Å². The molecule has 2 aromatic heterocycles. The van der Waals surface area contributed by atoms with Gasteiger partial charge in [-0.1, -0.05) is 30.3 Å². The molecule has 2 atom stereocenters. The molecule has 6 heteroatoms. The smallest absolute Gasteiger partial charge is 0.226 e. The van der Waals surface area contributed by atoms with E-state index in [-0.39, 0.29) is 22.8 Å². The second-order valence-corrected chi connectivity index (χ2v) is 10.2. The first kappa shape index (κ1) is 20.6. The van der Waals surface area contributed by atoms with E-state index in [1.54, 1.807) is 6.20 Å². The van der Waals surface area contributed by atoms with Gasteiger partial charge in [-0.25, -0.2) is 4.98 Å². The van der Waals surface area contributed by atoms with E-state index >= 15 is 0 Å². The molecule has 4 aliphatic rings. The number of nitrogens with zero attached hydrogens (tertiary/aromatic N) is 3. The molecule has 2 bridgehead atoms. The van der Waals surface area contributed by atoms with Crippen molar-refractivity contribution in [3.8, 4) is 11.3 Å². The predicted molar refractivity (Wildman–Crippen MR) is 125 cm³/mol. The van der Waals surface area contributed by atoms with E-state index in [2.05, 4.69) is 44.1 Å². The van der Waals surface area contributed by atoms with E-state index in [1.807, 2.05) is 30.7 Å².